The van der Waals surface area contributed by atoms with Crippen LogP contribution in [0.5, 0.6) is 11.5 Å². The number of methoxy groups -OCH3 is 2. The van der Waals surface area contributed by atoms with Crippen molar-refractivity contribution in [3.63, 3.8) is 0 Å². The topological polar surface area (TPSA) is 73.6 Å². The molecule has 0 atom stereocenters. The van der Waals surface area contributed by atoms with Gasteiger partial charge in [-0.05, 0) is 54.6 Å². The smallest absolute Gasteiger partial charge is 0.356 e. The average Bonchev–Trinajstić information content (AvgIpc) is 3.07. The number of nitrogens with zero attached hydrogens (tertiary/aromatic N) is 2. The third-order valence-corrected chi connectivity index (χ3v) is 3.63. The van der Waals surface area contributed by atoms with E-state index < -0.39 is 5.97 Å². The van der Waals surface area contributed by atoms with Crippen molar-refractivity contribution in [2.24, 2.45) is 0 Å². The number of hydrogen-bond donors (Lipinski definition) is 1. The van der Waals surface area contributed by atoms with Crippen LogP contribution in [0.25, 0.3) is 16.9 Å². The molecule has 1 N–H and O–H groups in total. The van der Waals surface area contributed by atoms with Gasteiger partial charge in [0.25, 0.3) is 0 Å². The molecule has 122 valence electrons. The Labute approximate surface area is 138 Å². The van der Waals surface area contributed by atoms with E-state index in [1.807, 2.05) is 36.4 Å². The van der Waals surface area contributed by atoms with Crippen molar-refractivity contribution in [3.8, 4) is 28.4 Å². The molecule has 0 bridgehead atoms. The number of aromatic carboxylic acids is 1. The van der Waals surface area contributed by atoms with Gasteiger partial charge >= 0.3 is 5.97 Å². The van der Waals surface area contributed by atoms with Gasteiger partial charge in [-0.3, -0.25) is 0 Å². The number of ether oxygens (including phenoxy) is 2. The monoisotopic (exact) mass is 324 g/mol. The zero-order valence-corrected chi connectivity index (χ0v) is 13.3. The normalized spacial score (nSPS) is 10.4. The molecule has 3 aromatic rings. The van der Waals surface area contributed by atoms with Crippen LogP contribution in [-0.4, -0.2) is 35.1 Å². The van der Waals surface area contributed by atoms with Crippen molar-refractivity contribution in [1.29, 1.82) is 0 Å². The van der Waals surface area contributed by atoms with Crippen molar-refractivity contribution < 1.29 is 19.4 Å². The Bertz CT molecular complexity index is 787. The quantitative estimate of drug-likeness (QED) is 0.780. The molecule has 24 heavy (non-hydrogen) atoms. The minimum atomic E-state index is -1.07. The molecule has 0 aliphatic carbocycles. The summed E-state index contributed by atoms with van der Waals surface area (Å²) in [6.45, 7) is 0. The van der Waals surface area contributed by atoms with E-state index in [4.69, 9.17) is 9.47 Å². The number of aromatic nitrogens is 2. The first-order valence-corrected chi connectivity index (χ1v) is 7.24. The van der Waals surface area contributed by atoms with Crippen molar-refractivity contribution in [1.82, 2.24) is 9.78 Å². The zero-order chi connectivity index (χ0) is 17.1. The van der Waals surface area contributed by atoms with Gasteiger partial charge in [0.05, 0.1) is 25.6 Å². The molecule has 0 saturated carbocycles. The van der Waals surface area contributed by atoms with Gasteiger partial charge in [-0.1, -0.05) is 0 Å². The fourth-order valence-electron chi connectivity index (χ4n) is 2.37. The fraction of sp³-hybridized carbons (Fsp3) is 0.111. The lowest BCUT2D eigenvalue weighted by Gasteiger charge is -2.09. The van der Waals surface area contributed by atoms with Crippen LogP contribution >= 0.6 is 0 Å². The van der Waals surface area contributed by atoms with Gasteiger partial charge < -0.3 is 14.6 Å². The van der Waals surface area contributed by atoms with E-state index in [2.05, 4.69) is 5.10 Å². The highest BCUT2D eigenvalue weighted by Gasteiger charge is 2.16. The van der Waals surface area contributed by atoms with Gasteiger partial charge in [-0.25, -0.2) is 9.48 Å². The molecule has 0 aliphatic rings. The minimum absolute atomic E-state index is 0.0170. The molecule has 0 saturated heterocycles. The summed E-state index contributed by atoms with van der Waals surface area (Å²) < 4.78 is 11.9. The number of benzene rings is 2. The van der Waals surface area contributed by atoms with E-state index in [9.17, 15) is 9.90 Å². The molecule has 2 aromatic carbocycles. The second kappa shape index (κ2) is 6.45. The maximum Gasteiger partial charge on any atom is 0.356 e. The standard InChI is InChI=1S/C18H16N2O4/c1-23-14-7-3-12(4-8-14)17-11-16(18(21)22)19-20(17)13-5-9-15(24-2)10-6-13/h3-11H,1-2H3,(H,21,22). The van der Waals surface area contributed by atoms with E-state index in [1.54, 1.807) is 37.1 Å². The zero-order valence-electron chi connectivity index (χ0n) is 13.3. The van der Waals surface area contributed by atoms with Crippen LogP contribution in [0, 0.1) is 0 Å². The largest absolute Gasteiger partial charge is 0.497 e. The molecule has 1 heterocycles. The minimum Gasteiger partial charge on any atom is -0.497 e. The van der Waals surface area contributed by atoms with Crippen LogP contribution < -0.4 is 9.47 Å². The van der Waals surface area contributed by atoms with E-state index in [0.717, 1.165) is 22.7 Å². The maximum atomic E-state index is 11.3. The second-order valence-corrected chi connectivity index (χ2v) is 5.06. The van der Waals surface area contributed by atoms with Crippen LogP contribution in [0.2, 0.25) is 0 Å². The second-order valence-electron chi connectivity index (χ2n) is 5.06. The van der Waals surface area contributed by atoms with Crippen molar-refractivity contribution in [3.05, 3.63) is 60.3 Å². The van der Waals surface area contributed by atoms with Crippen molar-refractivity contribution >= 4 is 5.97 Å². The lowest BCUT2D eigenvalue weighted by atomic mass is 10.1. The van der Waals surface area contributed by atoms with Crippen LogP contribution in [0.15, 0.2) is 54.6 Å². The third-order valence-electron chi connectivity index (χ3n) is 3.63. The highest BCUT2D eigenvalue weighted by atomic mass is 16.5. The summed E-state index contributed by atoms with van der Waals surface area (Å²) in [4.78, 5) is 11.3. The predicted molar refractivity (Wildman–Crippen MR) is 89.1 cm³/mol. The van der Waals surface area contributed by atoms with E-state index >= 15 is 0 Å². The Kier molecular flexibility index (Phi) is 4.20. The molecule has 0 fully saturated rings. The Morgan fingerprint density at radius 2 is 1.50 bits per heavy atom. The lowest BCUT2D eigenvalue weighted by molar-refractivity contribution is 0.0690. The maximum absolute atomic E-state index is 11.3. The van der Waals surface area contributed by atoms with Crippen LogP contribution in [0.3, 0.4) is 0 Å². The van der Waals surface area contributed by atoms with Crippen molar-refractivity contribution in [2.45, 2.75) is 0 Å². The Hall–Kier alpha value is -3.28. The van der Waals surface area contributed by atoms with Gasteiger partial charge in [0, 0.05) is 5.56 Å². The van der Waals surface area contributed by atoms with Gasteiger partial charge in [-0.15, -0.1) is 0 Å². The summed E-state index contributed by atoms with van der Waals surface area (Å²) in [6.07, 6.45) is 0. The lowest BCUT2D eigenvalue weighted by Crippen LogP contribution is -2.02. The van der Waals surface area contributed by atoms with Crippen LogP contribution in [0.4, 0.5) is 0 Å². The summed E-state index contributed by atoms with van der Waals surface area (Å²) in [5.74, 6) is 0.375. The molecule has 1 aromatic heterocycles. The SMILES string of the molecule is COc1ccc(-c2cc(C(=O)O)nn2-c2ccc(OC)cc2)cc1. The summed E-state index contributed by atoms with van der Waals surface area (Å²) in [5, 5.41) is 13.5. The summed E-state index contributed by atoms with van der Waals surface area (Å²) >= 11 is 0. The Morgan fingerprint density at radius 3 is 2.00 bits per heavy atom. The van der Waals surface area contributed by atoms with Gasteiger partial charge in [-0.2, -0.15) is 5.10 Å². The van der Waals surface area contributed by atoms with Gasteiger partial charge in [0.1, 0.15) is 11.5 Å². The number of carboxylic acids is 1. The van der Waals surface area contributed by atoms with Gasteiger partial charge in [0.15, 0.2) is 5.69 Å². The van der Waals surface area contributed by atoms with Crippen molar-refractivity contribution in [2.75, 3.05) is 14.2 Å². The molecule has 0 spiro atoms. The summed E-state index contributed by atoms with van der Waals surface area (Å²) in [5.41, 5.74) is 2.25. The van der Waals surface area contributed by atoms with Gasteiger partial charge in [0.2, 0.25) is 0 Å². The van der Waals surface area contributed by atoms with E-state index in [-0.39, 0.29) is 5.69 Å². The molecule has 6 heteroatoms. The molecule has 0 aliphatic heterocycles. The Morgan fingerprint density at radius 1 is 0.958 bits per heavy atom. The average molecular weight is 324 g/mol. The molecule has 0 amide bonds. The highest BCUT2D eigenvalue weighted by molar-refractivity contribution is 5.87. The Balaban J connectivity index is 2.10. The third kappa shape index (κ3) is 2.94. The van der Waals surface area contributed by atoms with Crippen LogP contribution in [-0.2, 0) is 0 Å². The number of carboxylic acid groups (broad SMARTS) is 1. The van der Waals surface area contributed by atoms with Crippen LogP contribution in [0.1, 0.15) is 10.5 Å². The summed E-state index contributed by atoms with van der Waals surface area (Å²) in [7, 11) is 3.19. The molecule has 3 rings (SSSR count). The summed E-state index contributed by atoms with van der Waals surface area (Å²) in [6, 6.07) is 16.2. The first-order valence-electron chi connectivity index (χ1n) is 7.24. The number of carbonyl (C=O) groups is 1. The molecular formula is C18H16N2O4. The molecule has 0 radical (unpaired) electrons. The highest BCUT2D eigenvalue weighted by Crippen LogP contribution is 2.27. The number of hydrogen-bond acceptors (Lipinski definition) is 4. The first kappa shape index (κ1) is 15.6. The van der Waals surface area contributed by atoms with E-state index in [0.29, 0.717) is 5.69 Å². The number of rotatable bonds is 5. The fourth-order valence-corrected chi connectivity index (χ4v) is 2.37. The first-order chi connectivity index (χ1) is 11.6. The molecule has 0 unspecified atom stereocenters. The molecule has 6 nitrogen and oxygen atoms in total. The predicted octanol–water partition coefficient (Wildman–Crippen LogP) is 3.25. The van der Waals surface area contributed by atoms with E-state index in [1.165, 1.54) is 0 Å². The molecular weight excluding hydrogens is 308 g/mol.